The van der Waals surface area contributed by atoms with Crippen LogP contribution in [-0.4, -0.2) is 59.9 Å². The van der Waals surface area contributed by atoms with Gasteiger partial charge in [0.1, 0.15) is 12.6 Å². The van der Waals surface area contributed by atoms with Gasteiger partial charge in [-0.1, -0.05) is 152 Å². The average molecular weight is 840 g/mol. The molecule has 0 aliphatic carbocycles. The van der Waals surface area contributed by atoms with E-state index in [1.165, 1.54) is 77.0 Å². The molecule has 0 aliphatic rings. The minimum absolute atomic E-state index is 0.152. The van der Waals surface area contributed by atoms with Gasteiger partial charge in [0.2, 0.25) is 0 Å². The van der Waals surface area contributed by atoms with Gasteiger partial charge in [-0.3, -0.25) is 23.4 Å². The van der Waals surface area contributed by atoms with Gasteiger partial charge in [-0.15, -0.1) is 0 Å². The molecule has 0 rings (SSSR count). The number of carboxylic acids is 1. The zero-order valence-electron chi connectivity index (χ0n) is 36.4. The molecule has 58 heavy (non-hydrogen) atoms. The fraction of sp³-hybridized carbons (Fsp3) is 0.761. The minimum Gasteiger partial charge on any atom is -0.480 e. The fourth-order valence-electron chi connectivity index (χ4n) is 5.95. The van der Waals surface area contributed by atoms with Gasteiger partial charge in [0.25, 0.3) is 0 Å². The van der Waals surface area contributed by atoms with Crippen molar-refractivity contribution in [2.24, 2.45) is 5.73 Å². The van der Waals surface area contributed by atoms with Crippen LogP contribution in [0.2, 0.25) is 0 Å². The van der Waals surface area contributed by atoms with Crippen molar-refractivity contribution in [2.45, 2.75) is 206 Å². The van der Waals surface area contributed by atoms with Gasteiger partial charge >= 0.3 is 25.7 Å². The van der Waals surface area contributed by atoms with Gasteiger partial charge in [-0.25, -0.2) is 4.57 Å². The van der Waals surface area contributed by atoms with Crippen LogP contribution in [0.5, 0.6) is 0 Å². The maximum Gasteiger partial charge on any atom is 0.472 e. The van der Waals surface area contributed by atoms with Crippen molar-refractivity contribution < 1.29 is 47.5 Å². The molecule has 1 unspecified atom stereocenters. The summed E-state index contributed by atoms with van der Waals surface area (Å²) in [5.41, 5.74) is 5.34. The molecule has 336 valence electrons. The number of esters is 2. The number of phosphoric acid groups is 1. The zero-order valence-corrected chi connectivity index (χ0v) is 37.3. The Labute approximate surface area is 352 Å². The van der Waals surface area contributed by atoms with Gasteiger partial charge in [-0.2, -0.15) is 0 Å². The van der Waals surface area contributed by atoms with Crippen LogP contribution in [0.4, 0.5) is 0 Å². The van der Waals surface area contributed by atoms with Crippen LogP contribution >= 0.6 is 7.82 Å². The van der Waals surface area contributed by atoms with Crippen molar-refractivity contribution in [3.8, 4) is 0 Å². The first-order valence-electron chi connectivity index (χ1n) is 22.7. The Balaban J connectivity index is 4.36. The number of carboxylic acid groups (broad SMARTS) is 1. The van der Waals surface area contributed by atoms with Crippen LogP contribution in [0.3, 0.4) is 0 Å². The number of ether oxygens (including phenoxy) is 2. The maximum absolute atomic E-state index is 12.6. The number of hydrogen-bond donors (Lipinski definition) is 3. The lowest BCUT2D eigenvalue weighted by atomic mass is 10.1. The first-order valence-corrected chi connectivity index (χ1v) is 24.2. The summed E-state index contributed by atoms with van der Waals surface area (Å²) >= 11 is 0. The molecular weight excluding hydrogens is 757 g/mol. The van der Waals surface area contributed by atoms with Crippen molar-refractivity contribution in [2.75, 3.05) is 19.8 Å². The second-order valence-corrected chi connectivity index (χ2v) is 16.6. The number of unbranched alkanes of at least 4 members (excludes halogenated alkanes) is 20. The fourth-order valence-corrected chi connectivity index (χ4v) is 6.73. The van der Waals surface area contributed by atoms with Crippen molar-refractivity contribution in [1.82, 2.24) is 0 Å². The van der Waals surface area contributed by atoms with Gasteiger partial charge in [-0.05, 0) is 77.0 Å². The van der Waals surface area contributed by atoms with Crippen molar-refractivity contribution in [3.05, 3.63) is 48.6 Å². The molecule has 0 spiro atoms. The predicted octanol–water partition coefficient (Wildman–Crippen LogP) is 12.2. The van der Waals surface area contributed by atoms with E-state index in [-0.39, 0.29) is 19.4 Å². The minimum atomic E-state index is -4.72. The molecule has 0 aromatic carbocycles. The monoisotopic (exact) mass is 840 g/mol. The zero-order chi connectivity index (χ0) is 42.8. The second-order valence-electron chi connectivity index (χ2n) is 15.2. The van der Waals surface area contributed by atoms with Gasteiger partial charge in [0.15, 0.2) is 6.10 Å². The van der Waals surface area contributed by atoms with E-state index in [9.17, 15) is 23.8 Å². The number of carbonyl (C=O) groups excluding carboxylic acids is 2. The van der Waals surface area contributed by atoms with Crippen LogP contribution in [-0.2, 0) is 37.5 Å². The molecule has 0 aromatic rings. The Morgan fingerprint density at radius 2 is 0.914 bits per heavy atom. The predicted molar refractivity (Wildman–Crippen MR) is 235 cm³/mol. The van der Waals surface area contributed by atoms with Crippen LogP contribution in [0.1, 0.15) is 194 Å². The second kappa shape index (κ2) is 41.2. The van der Waals surface area contributed by atoms with E-state index < -0.39 is 51.1 Å². The first-order chi connectivity index (χ1) is 28.1. The third-order valence-corrected chi connectivity index (χ3v) is 10.5. The van der Waals surface area contributed by atoms with E-state index in [4.69, 9.17) is 24.8 Å². The number of rotatable bonds is 42. The third-order valence-electron chi connectivity index (χ3n) is 9.55. The number of nitrogens with two attached hydrogens (primary N) is 1. The Bertz CT molecular complexity index is 1170. The third kappa shape index (κ3) is 40.2. The molecule has 3 atom stereocenters. The molecule has 0 amide bonds. The smallest absolute Gasteiger partial charge is 0.472 e. The molecule has 0 saturated heterocycles. The molecule has 0 aliphatic heterocycles. The highest BCUT2D eigenvalue weighted by atomic mass is 31.2. The molecule has 0 saturated carbocycles. The van der Waals surface area contributed by atoms with E-state index in [0.717, 1.165) is 77.0 Å². The van der Waals surface area contributed by atoms with Crippen LogP contribution < -0.4 is 5.73 Å². The maximum atomic E-state index is 12.6. The summed E-state index contributed by atoms with van der Waals surface area (Å²) in [6, 6.07) is -1.53. The van der Waals surface area contributed by atoms with Crippen LogP contribution in [0.15, 0.2) is 48.6 Å². The molecule has 0 radical (unpaired) electrons. The highest BCUT2D eigenvalue weighted by molar-refractivity contribution is 7.47. The van der Waals surface area contributed by atoms with E-state index in [2.05, 4.69) is 67.0 Å². The van der Waals surface area contributed by atoms with E-state index in [0.29, 0.717) is 12.8 Å². The quantitative estimate of drug-likeness (QED) is 0.0231. The Hall–Kier alpha value is -2.56. The molecule has 0 fully saturated rings. The van der Waals surface area contributed by atoms with Crippen LogP contribution in [0, 0.1) is 0 Å². The van der Waals surface area contributed by atoms with E-state index in [1.54, 1.807) is 0 Å². The molecule has 0 heterocycles. The van der Waals surface area contributed by atoms with Crippen molar-refractivity contribution in [3.63, 3.8) is 0 Å². The van der Waals surface area contributed by atoms with Gasteiger partial charge in [0.05, 0.1) is 13.2 Å². The highest BCUT2D eigenvalue weighted by Gasteiger charge is 2.28. The lowest BCUT2D eigenvalue weighted by molar-refractivity contribution is -0.161. The molecule has 0 aromatic heterocycles. The first kappa shape index (κ1) is 55.4. The Morgan fingerprint density at radius 3 is 1.34 bits per heavy atom. The van der Waals surface area contributed by atoms with Crippen LogP contribution in [0.25, 0.3) is 0 Å². The van der Waals surface area contributed by atoms with E-state index in [1.807, 2.05) is 0 Å². The van der Waals surface area contributed by atoms with Gasteiger partial charge < -0.3 is 25.2 Å². The van der Waals surface area contributed by atoms with Gasteiger partial charge in [0, 0.05) is 12.8 Å². The average Bonchev–Trinajstić information content (AvgIpc) is 3.20. The number of allylic oxidation sites excluding steroid dienone is 8. The Morgan fingerprint density at radius 1 is 0.534 bits per heavy atom. The summed E-state index contributed by atoms with van der Waals surface area (Å²) in [6.45, 7) is 2.74. The van der Waals surface area contributed by atoms with Crippen molar-refractivity contribution in [1.29, 1.82) is 0 Å². The molecule has 12 heteroatoms. The molecular formula is C46H82NO10P. The summed E-state index contributed by atoms with van der Waals surface area (Å²) in [5.74, 6) is -2.40. The summed E-state index contributed by atoms with van der Waals surface area (Å²) in [4.78, 5) is 46.0. The number of carbonyl (C=O) groups is 3. The molecule has 0 bridgehead atoms. The lowest BCUT2D eigenvalue weighted by Gasteiger charge is -2.20. The number of phosphoric ester groups is 1. The number of aliphatic carboxylic acids is 1. The molecule has 4 N–H and O–H groups in total. The largest absolute Gasteiger partial charge is 0.480 e. The van der Waals surface area contributed by atoms with Crippen molar-refractivity contribution >= 4 is 25.7 Å². The normalized spacial score (nSPS) is 14.1. The summed E-state index contributed by atoms with van der Waals surface area (Å²) in [7, 11) is -4.72. The summed E-state index contributed by atoms with van der Waals surface area (Å²) in [5, 5.41) is 8.89. The Kier molecular flexibility index (Phi) is 39.4. The number of hydrogen-bond acceptors (Lipinski definition) is 9. The van der Waals surface area contributed by atoms with E-state index >= 15 is 0 Å². The lowest BCUT2D eigenvalue weighted by Crippen LogP contribution is -2.34. The SMILES string of the molecule is CCCCC/C=C\C/C=C\CCCCCCCCCCCC(=O)O[C@H](COC(=O)CCCCCCC/C=C\C/C=C\CCCCC)COP(=O)(O)OC[C@H](N)C(=O)O. The standard InChI is InChI=1S/C46H82NO10P/c1-3-5-7-9-11-13-15-17-19-20-21-22-24-26-28-30-32-34-36-38-45(49)57-42(40-55-58(52,53)56-41-43(47)46(50)51)39-54-44(48)37-35-33-31-29-27-25-23-18-16-14-12-10-8-6-4-2/h11-14,17-19,23,42-43H,3-10,15-16,20-22,24-41,47H2,1-2H3,(H,50,51)(H,52,53)/b13-11-,14-12-,19-17-,23-18-/t42-,43+/m1/s1. The molecule has 11 nitrogen and oxygen atoms in total. The highest BCUT2D eigenvalue weighted by Crippen LogP contribution is 2.43. The topological polar surface area (TPSA) is 172 Å². The summed E-state index contributed by atoms with van der Waals surface area (Å²) < 4.78 is 32.7. The summed E-state index contributed by atoms with van der Waals surface area (Å²) in [6.07, 6.45) is 45.9.